The average molecular weight is 300 g/mol. The molecule has 2 aliphatic rings. The van der Waals surface area contributed by atoms with Crippen molar-refractivity contribution >= 4 is 16.8 Å². The van der Waals surface area contributed by atoms with Gasteiger partial charge in [-0.2, -0.15) is 0 Å². The van der Waals surface area contributed by atoms with Gasteiger partial charge in [0.25, 0.3) is 0 Å². The zero-order valence-corrected chi connectivity index (χ0v) is 12.6. The number of nitrogens with one attached hydrogen (secondary N) is 1. The van der Waals surface area contributed by atoms with Gasteiger partial charge >= 0.3 is 0 Å². The molecule has 1 saturated carbocycles. The number of hydrogen-bond acceptors (Lipinski definition) is 1. The lowest BCUT2D eigenvalue weighted by Gasteiger charge is -2.36. The van der Waals surface area contributed by atoms with E-state index in [0.717, 1.165) is 49.7 Å². The third kappa shape index (κ3) is 2.40. The highest BCUT2D eigenvalue weighted by atomic mass is 19.1. The second kappa shape index (κ2) is 5.41. The average Bonchev–Trinajstić information content (AvgIpc) is 2.88. The SMILES string of the molecule is O=C(C1CCC1)N1CCC(c2cc3cc(F)ccc3[nH]2)CC1. The summed E-state index contributed by atoms with van der Waals surface area (Å²) in [6, 6.07) is 6.92. The van der Waals surface area contributed by atoms with Crippen molar-refractivity contribution in [3.8, 4) is 0 Å². The minimum Gasteiger partial charge on any atom is -0.358 e. The highest BCUT2D eigenvalue weighted by molar-refractivity contribution is 5.81. The van der Waals surface area contributed by atoms with Crippen molar-refractivity contribution in [1.82, 2.24) is 9.88 Å². The molecule has 2 fully saturated rings. The molecule has 0 bridgehead atoms. The van der Waals surface area contributed by atoms with Gasteiger partial charge in [-0.05, 0) is 49.9 Å². The van der Waals surface area contributed by atoms with Crippen LogP contribution in [-0.2, 0) is 4.79 Å². The molecule has 1 aliphatic carbocycles. The predicted octanol–water partition coefficient (Wildman–Crippen LogP) is 3.81. The molecule has 0 spiro atoms. The Hall–Kier alpha value is -1.84. The van der Waals surface area contributed by atoms with Crippen LogP contribution in [0.4, 0.5) is 4.39 Å². The number of benzene rings is 1. The molecule has 1 aromatic heterocycles. The minimum atomic E-state index is -0.195. The fourth-order valence-electron chi connectivity index (χ4n) is 3.67. The number of likely N-dealkylation sites (tertiary alicyclic amines) is 1. The first kappa shape index (κ1) is 13.8. The summed E-state index contributed by atoms with van der Waals surface area (Å²) in [5, 5.41) is 0.933. The van der Waals surface area contributed by atoms with Crippen molar-refractivity contribution in [3.63, 3.8) is 0 Å². The number of piperidine rings is 1. The summed E-state index contributed by atoms with van der Waals surface area (Å²) in [6.07, 6.45) is 5.35. The van der Waals surface area contributed by atoms with Gasteiger partial charge in [0.1, 0.15) is 5.82 Å². The normalized spacial score (nSPS) is 20.3. The molecular weight excluding hydrogens is 279 g/mol. The van der Waals surface area contributed by atoms with Crippen molar-refractivity contribution in [2.75, 3.05) is 13.1 Å². The monoisotopic (exact) mass is 300 g/mol. The molecule has 0 atom stereocenters. The number of rotatable bonds is 2. The number of carbonyl (C=O) groups is 1. The molecule has 2 aromatic rings. The summed E-state index contributed by atoms with van der Waals surface area (Å²) < 4.78 is 13.3. The summed E-state index contributed by atoms with van der Waals surface area (Å²) in [7, 11) is 0. The van der Waals surface area contributed by atoms with E-state index in [-0.39, 0.29) is 5.82 Å². The van der Waals surface area contributed by atoms with E-state index in [1.807, 2.05) is 4.90 Å². The maximum atomic E-state index is 13.3. The molecule has 2 heterocycles. The van der Waals surface area contributed by atoms with Crippen LogP contribution in [0.1, 0.15) is 43.7 Å². The fraction of sp³-hybridized carbons (Fsp3) is 0.500. The Bertz CT molecular complexity index is 696. The van der Waals surface area contributed by atoms with E-state index in [9.17, 15) is 9.18 Å². The first-order chi connectivity index (χ1) is 10.7. The minimum absolute atomic E-state index is 0.195. The van der Waals surface area contributed by atoms with Crippen molar-refractivity contribution in [2.45, 2.75) is 38.0 Å². The summed E-state index contributed by atoms with van der Waals surface area (Å²) in [4.78, 5) is 17.7. The van der Waals surface area contributed by atoms with Crippen LogP contribution in [0, 0.1) is 11.7 Å². The van der Waals surface area contributed by atoms with Gasteiger partial charge in [-0.15, -0.1) is 0 Å². The van der Waals surface area contributed by atoms with Gasteiger partial charge in [0, 0.05) is 41.5 Å². The smallest absolute Gasteiger partial charge is 0.225 e. The highest BCUT2D eigenvalue weighted by Gasteiger charge is 2.32. The molecule has 116 valence electrons. The lowest BCUT2D eigenvalue weighted by atomic mass is 9.83. The zero-order chi connectivity index (χ0) is 15.1. The standard InChI is InChI=1S/C18H21FN2O/c19-15-4-5-16-14(10-15)11-17(20-16)12-6-8-21(9-7-12)18(22)13-2-1-3-13/h4-5,10-13,20H,1-3,6-9H2. The second-order valence-corrected chi connectivity index (χ2v) is 6.68. The van der Waals surface area contributed by atoms with E-state index in [1.54, 1.807) is 12.1 Å². The molecule has 0 radical (unpaired) electrons. The first-order valence-corrected chi connectivity index (χ1v) is 8.27. The Labute approximate surface area is 129 Å². The Kier molecular flexibility index (Phi) is 3.40. The Balaban J connectivity index is 1.44. The van der Waals surface area contributed by atoms with E-state index in [0.29, 0.717) is 17.7 Å². The van der Waals surface area contributed by atoms with Crippen LogP contribution in [0.5, 0.6) is 0 Å². The molecule has 1 aliphatic heterocycles. The van der Waals surface area contributed by atoms with E-state index >= 15 is 0 Å². The third-order valence-electron chi connectivity index (χ3n) is 5.30. The number of aromatic nitrogens is 1. The van der Waals surface area contributed by atoms with Gasteiger partial charge in [0.05, 0.1) is 0 Å². The first-order valence-electron chi connectivity index (χ1n) is 8.27. The molecule has 1 amide bonds. The molecule has 4 rings (SSSR count). The third-order valence-corrected chi connectivity index (χ3v) is 5.30. The lowest BCUT2D eigenvalue weighted by Crippen LogP contribution is -2.43. The van der Waals surface area contributed by atoms with Crippen molar-refractivity contribution < 1.29 is 9.18 Å². The second-order valence-electron chi connectivity index (χ2n) is 6.68. The van der Waals surface area contributed by atoms with Crippen molar-refractivity contribution in [3.05, 3.63) is 35.8 Å². The summed E-state index contributed by atoms with van der Waals surface area (Å²) in [5.41, 5.74) is 2.17. The Morgan fingerprint density at radius 1 is 1.14 bits per heavy atom. The van der Waals surface area contributed by atoms with Gasteiger partial charge in [-0.3, -0.25) is 4.79 Å². The van der Waals surface area contributed by atoms with E-state index in [4.69, 9.17) is 0 Å². The van der Waals surface area contributed by atoms with Crippen LogP contribution in [0.15, 0.2) is 24.3 Å². The number of fused-ring (bicyclic) bond motifs is 1. The van der Waals surface area contributed by atoms with E-state index in [1.165, 1.54) is 18.2 Å². The predicted molar refractivity (Wildman–Crippen MR) is 84.2 cm³/mol. The summed E-state index contributed by atoms with van der Waals surface area (Å²) in [6.45, 7) is 1.70. The van der Waals surface area contributed by atoms with Gasteiger partial charge in [-0.25, -0.2) is 4.39 Å². The largest absolute Gasteiger partial charge is 0.358 e. The van der Waals surface area contributed by atoms with Crippen LogP contribution in [0.25, 0.3) is 10.9 Å². The topological polar surface area (TPSA) is 36.1 Å². The maximum Gasteiger partial charge on any atom is 0.225 e. The van der Waals surface area contributed by atoms with Crippen molar-refractivity contribution in [1.29, 1.82) is 0 Å². The number of halogens is 1. The van der Waals surface area contributed by atoms with Crippen LogP contribution < -0.4 is 0 Å². The molecule has 4 heteroatoms. The molecule has 0 unspecified atom stereocenters. The highest BCUT2D eigenvalue weighted by Crippen LogP contribution is 2.33. The quantitative estimate of drug-likeness (QED) is 0.899. The van der Waals surface area contributed by atoms with Gasteiger partial charge in [0.15, 0.2) is 0 Å². The summed E-state index contributed by atoms with van der Waals surface area (Å²) >= 11 is 0. The molecule has 1 aromatic carbocycles. The zero-order valence-electron chi connectivity index (χ0n) is 12.6. The van der Waals surface area contributed by atoms with Gasteiger partial charge in [0.2, 0.25) is 5.91 Å². The fourth-order valence-corrected chi connectivity index (χ4v) is 3.67. The number of carbonyl (C=O) groups excluding carboxylic acids is 1. The molecular formula is C18H21FN2O. The van der Waals surface area contributed by atoms with Crippen LogP contribution >= 0.6 is 0 Å². The molecule has 22 heavy (non-hydrogen) atoms. The maximum absolute atomic E-state index is 13.3. The van der Waals surface area contributed by atoms with Crippen LogP contribution in [-0.4, -0.2) is 28.9 Å². The lowest BCUT2D eigenvalue weighted by molar-refractivity contribution is -0.139. The van der Waals surface area contributed by atoms with Crippen LogP contribution in [0.3, 0.4) is 0 Å². The van der Waals surface area contributed by atoms with Gasteiger partial charge in [-0.1, -0.05) is 6.42 Å². The number of hydrogen-bond donors (Lipinski definition) is 1. The summed E-state index contributed by atoms with van der Waals surface area (Å²) in [5.74, 6) is 0.913. The molecule has 3 nitrogen and oxygen atoms in total. The van der Waals surface area contributed by atoms with Crippen molar-refractivity contribution in [2.24, 2.45) is 5.92 Å². The molecule has 1 N–H and O–H groups in total. The van der Waals surface area contributed by atoms with E-state index < -0.39 is 0 Å². The van der Waals surface area contributed by atoms with Crippen LogP contribution in [0.2, 0.25) is 0 Å². The number of aromatic amines is 1. The Morgan fingerprint density at radius 3 is 2.59 bits per heavy atom. The van der Waals surface area contributed by atoms with Gasteiger partial charge < -0.3 is 9.88 Å². The number of amides is 1. The van der Waals surface area contributed by atoms with E-state index in [2.05, 4.69) is 11.1 Å². The molecule has 1 saturated heterocycles. The number of H-pyrrole nitrogens is 1. The number of nitrogens with zero attached hydrogens (tertiary/aromatic N) is 1. The Morgan fingerprint density at radius 2 is 1.91 bits per heavy atom.